The molecule has 0 amide bonds. The summed E-state index contributed by atoms with van der Waals surface area (Å²) >= 11 is 0. The van der Waals surface area contributed by atoms with E-state index in [0.29, 0.717) is 12.1 Å². The Morgan fingerprint density at radius 1 is 0.778 bits per heavy atom. The molecule has 0 aliphatic carbocycles. The summed E-state index contributed by atoms with van der Waals surface area (Å²) in [6.45, 7) is 0. The molecular weight excluding hydrogens is 397 g/mol. The second-order valence-corrected chi connectivity index (χ2v) is 6.66. The van der Waals surface area contributed by atoms with Gasteiger partial charge in [-0.25, -0.2) is 0 Å². The van der Waals surface area contributed by atoms with Crippen molar-refractivity contribution in [1.29, 1.82) is 0 Å². The van der Waals surface area contributed by atoms with Crippen LogP contribution in [0.2, 0.25) is 0 Å². The van der Waals surface area contributed by atoms with Gasteiger partial charge >= 0.3 is 12.4 Å². The van der Waals surface area contributed by atoms with Gasteiger partial charge in [-0.15, -0.1) is 0 Å². The minimum Gasteiger partial charge on any atom is -0.496 e. The highest BCUT2D eigenvalue weighted by atomic mass is 31.1. The first-order valence-electron chi connectivity index (χ1n) is 7.24. The summed E-state index contributed by atoms with van der Waals surface area (Å²) in [7, 11) is 0.572. The number of hydrogen-bond acceptors (Lipinski definition) is 4. The van der Waals surface area contributed by atoms with Gasteiger partial charge in [0, 0.05) is 5.56 Å². The summed E-state index contributed by atoms with van der Waals surface area (Å²) in [5.41, 5.74) is 8.15. The maximum absolute atomic E-state index is 13.2. The number of alkyl halides is 6. The fourth-order valence-electron chi connectivity index (χ4n) is 2.52. The first kappa shape index (κ1) is 21.3. The number of benzene rings is 2. The zero-order valence-electron chi connectivity index (χ0n) is 14.1. The third kappa shape index (κ3) is 4.45. The molecule has 0 aliphatic heterocycles. The van der Waals surface area contributed by atoms with Crippen molar-refractivity contribution >= 4 is 13.5 Å². The lowest BCUT2D eigenvalue weighted by Gasteiger charge is -2.21. The maximum Gasteiger partial charge on any atom is 0.416 e. The van der Waals surface area contributed by atoms with Crippen LogP contribution in [0.25, 0.3) is 11.1 Å². The Morgan fingerprint density at radius 2 is 1.22 bits per heavy atom. The van der Waals surface area contributed by atoms with Crippen molar-refractivity contribution < 1.29 is 35.8 Å². The number of rotatable bonds is 4. The van der Waals surface area contributed by atoms with Gasteiger partial charge in [0.25, 0.3) is 0 Å². The Morgan fingerprint density at radius 3 is 1.59 bits per heavy atom. The molecular formula is C16H15F6N2O2P. The molecule has 2 aromatic rings. The van der Waals surface area contributed by atoms with E-state index in [2.05, 4.69) is 0 Å². The summed E-state index contributed by atoms with van der Waals surface area (Å²) < 4.78 is 89.3. The monoisotopic (exact) mass is 412 g/mol. The van der Waals surface area contributed by atoms with Gasteiger partial charge in [0.05, 0.1) is 38.9 Å². The van der Waals surface area contributed by atoms with Crippen LogP contribution in [0.15, 0.2) is 30.3 Å². The van der Waals surface area contributed by atoms with Crippen molar-refractivity contribution in [3.8, 4) is 22.6 Å². The summed E-state index contributed by atoms with van der Waals surface area (Å²) in [4.78, 5) is 0. The molecule has 0 saturated heterocycles. The smallest absolute Gasteiger partial charge is 0.416 e. The molecule has 27 heavy (non-hydrogen) atoms. The first-order valence-corrected chi connectivity index (χ1v) is 8.72. The van der Waals surface area contributed by atoms with E-state index < -0.39 is 31.7 Å². The third-order valence-electron chi connectivity index (χ3n) is 3.68. The van der Waals surface area contributed by atoms with Gasteiger partial charge < -0.3 is 9.47 Å². The summed E-state index contributed by atoms with van der Waals surface area (Å²) in [6.07, 6.45) is -9.98. The third-order valence-corrected chi connectivity index (χ3v) is 4.64. The molecule has 11 heteroatoms. The van der Waals surface area contributed by atoms with Crippen molar-refractivity contribution in [2.45, 2.75) is 12.4 Å². The average Bonchev–Trinajstić information content (AvgIpc) is 2.58. The van der Waals surface area contributed by atoms with Crippen LogP contribution in [0.3, 0.4) is 0 Å². The Hall–Kier alpha value is -2.03. The van der Waals surface area contributed by atoms with Crippen LogP contribution in [0.1, 0.15) is 11.1 Å². The van der Waals surface area contributed by atoms with E-state index in [9.17, 15) is 26.3 Å². The number of hydrogen-bond donors (Lipinski definition) is 2. The van der Waals surface area contributed by atoms with Gasteiger partial charge in [0.1, 0.15) is 11.5 Å². The Balaban J connectivity index is 2.92. The molecule has 0 bridgehead atoms. The van der Waals surface area contributed by atoms with Crippen LogP contribution in [0.5, 0.6) is 11.5 Å². The van der Waals surface area contributed by atoms with E-state index in [0.717, 1.165) is 0 Å². The highest BCUT2D eigenvalue weighted by Crippen LogP contribution is 2.43. The molecule has 0 atom stereocenters. The number of halogens is 6. The quantitative estimate of drug-likeness (QED) is 0.582. The van der Waals surface area contributed by atoms with E-state index in [1.54, 1.807) is 0 Å². The van der Waals surface area contributed by atoms with Crippen molar-refractivity contribution in [1.82, 2.24) is 0 Å². The topological polar surface area (TPSA) is 70.5 Å². The fourth-order valence-corrected chi connectivity index (χ4v) is 3.44. The number of methoxy groups -OCH3 is 2. The molecule has 0 radical (unpaired) electrons. The Labute approximate surface area is 151 Å². The standard InChI is InChI=1S/C16H15F6N2O2P/c1-25-11-3-4-12(26-2)14(27(23)24)13(11)8-5-9(15(17,18)19)7-10(6-8)16(20,21)22/h3-7H,23-24H2,1-2H3. The molecule has 0 aromatic heterocycles. The highest BCUT2D eigenvalue weighted by Gasteiger charge is 2.37. The lowest BCUT2D eigenvalue weighted by atomic mass is 9.98. The van der Waals surface area contributed by atoms with Gasteiger partial charge in [-0.1, -0.05) is 0 Å². The molecule has 148 valence electrons. The van der Waals surface area contributed by atoms with Gasteiger partial charge in [0.15, 0.2) is 0 Å². The van der Waals surface area contributed by atoms with Gasteiger partial charge in [-0.2, -0.15) is 26.3 Å². The van der Waals surface area contributed by atoms with Crippen molar-refractivity contribution in [2.24, 2.45) is 11.0 Å². The lowest BCUT2D eigenvalue weighted by Crippen LogP contribution is -2.20. The van der Waals surface area contributed by atoms with Crippen LogP contribution in [-0.4, -0.2) is 14.2 Å². The summed E-state index contributed by atoms with van der Waals surface area (Å²) in [5.74, 6) is 0.148. The van der Waals surface area contributed by atoms with Gasteiger partial charge in [0.2, 0.25) is 0 Å². The van der Waals surface area contributed by atoms with Crippen LogP contribution in [-0.2, 0) is 12.4 Å². The van der Waals surface area contributed by atoms with E-state index in [4.69, 9.17) is 20.5 Å². The van der Waals surface area contributed by atoms with Crippen LogP contribution in [0.4, 0.5) is 26.3 Å². The SMILES string of the molecule is COc1ccc(OC)c(P(N)N)c1-c1cc(C(F)(F)F)cc(C(F)(F)F)c1. The van der Waals surface area contributed by atoms with Gasteiger partial charge in [-0.3, -0.25) is 11.0 Å². The number of nitrogens with two attached hydrogens (primary N) is 2. The van der Waals surface area contributed by atoms with Crippen molar-refractivity contribution in [3.63, 3.8) is 0 Å². The van der Waals surface area contributed by atoms with E-state index in [1.807, 2.05) is 0 Å². The van der Waals surface area contributed by atoms with E-state index in [-0.39, 0.29) is 34.0 Å². The zero-order chi connectivity index (χ0) is 20.6. The lowest BCUT2D eigenvalue weighted by molar-refractivity contribution is -0.143. The minimum absolute atomic E-state index is 0.0154. The van der Waals surface area contributed by atoms with Crippen LogP contribution < -0.4 is 25.8 Å². The molecule has 4 N–H and O–H groups in total. The predicted molar refractivity (Wildman–Crippen MR) is 89.9 cm³/mol. The molecule has 4 nitrogen and oxygen atoms in total. The molecule has 0 unspecified atom stereocenters. The van der Waals surface area contributed by atoms with E-state index >= 15 is 0 Å². The highest BCUT2D eigenvalue weighted by molar-refractivity contribution is 7.61. The second-order valence-electron chi connectivity index (χ2n) is 5.40. The molecule has 0 spiro atoms. The van der Waals surface area contributed by atoms with Crippen molar-refractivity contribution in [3.05, 3.63) is 41.5 Å². The van der Waals surface area contributed by atoms with Crippen LogP contribution >= 0.6 is 8.22 Å². The number of ether oxygens (including phenoxy) is 2. The second kappa shape index (κ2) is 7.53. The molecule has 0 heterocycles. The average molecular weight is 412 g/mol. The molecule has 0 fully saturated rings. The minimum atomic E-state index is -4.99. The van der Waals surface area contributed by atoms with Crippen LogP contribution in [0, 0.1) is 0 Å². The predicted octanol–water partition coefficient (Wildman–Crippen LogP) is 4.26. The zero-order valence-corrected chi connectivity index (χ0v) is 15.0. The Bertz CT molecular complexity index is 805. The Kier molecular flexibility index (Phi) is 5.94. The normalized spacial score (nSPS) is 12.4. The van der Waals surface area contributed by atoms with Gasteiger partial charge in [-0.05, 0) is 35.9 Å². The summed E-state index contributed by atoms with van der Waals surface area (Å²) in [5, 5.41) is 0.0827. The van der Waals surface area contributed by atoms with Crippen molar-refractivity contribution in [2.75, 3.05) is 14.2 Å². The first-order chi connectivity index (χ1) is 12.4. The largest absolute Gasteiger partial charge is 0.496 e. The molecule has 0 aliphatic rings. The summed E-state index contributed by atoms with van der Waals surface area (Å²) in [6, 6.07) is 4.00. The molecule has 2 rings (SSSR count). The molecule has 0 saturated carbocycles. The maximum atomic E-state index is 13.2. The molecule has 2 aromatic carbocycles. The van der Waals surface area contributed by atoms with E-state index in [1.165, 1.54) is 26.4 Å². The fraction of sp³-hybridized carbons (Fsp3) is 0.250.